The van der Waals surface area contributed by atoms with E-state index in [0.29, 0.717) is 29.6 Å². The summed E-state index contributed by atoms with van der Waals surface area (Å²) in [6.07, 6.45) is -1.97. The number of ether oxygens (including phenoxy) is 3. The predicted molar refractivity (Wildman–Crippen MR) is 143 cm³/mol. The van der Waals surface area contributed by atoms with Crippen molar-refractivity contribution in [2.75, 3.05) is 20.3 Å². The zero-order valence-corrected chi connectivity index (χ0v) is 22.9. The van der Waals surface area contributed by atoms with E-state index in [1.807, 2.05) is 13.8 Å². The van der Waals surface area contributed by atoms with Gasteiger partial charge in [-0.2, -0.15) is 0 Å². The molecule has 1 aromatic carbocycles. The highest BCUT2D eigenvalue weighted by Crippen LogP contribution is 2.26. The Bertz CT molecular complexity index is 1240. The second kappa shape index (κ2) is 13.8. The second-order valence-electron chi connectivity index (χ2n) is 10.1. The Kier molecular flexibility index (Phi) is 10.5. The van der Waals surface area contributed by atoms with E-state index in [4.69, 9.17) is 14.6 Å². The molecule has 2 aromatic rings. The van der Waals surface area contributed by atoms with E-state index >= 15 is 0 Å². The van der Waals surface area contributed by atoms with E-state index in [2.05, 4.69) is 25.7 Å². The van der Waals surface area contributed by atoms with Crippen molar-refractivity contribution in [3.8, 4) is 5.75 Å². The van der Waals surface area contributed by atoms with Crippen LogP contribution in [-0.4, -0.2) is 78.4 Å². The number of Topliss-reactive ketones (excluding diaryl/α,β-unsaturated/α-hetero) is 1. The van der Waals surface area contributed by atoms with Gasteiger partial charge < -0.3 is 40.3 Å². The lowest BCUT2D eigenvalue weighted by Crippen LogP contribution is -2.53. The van der Waals surface area contributed by atoms with Crippen LogP contribution >= 0.6 is 0 Å². The number of carbonyl (C=O) groups excluding carboxylic acids is 4. The van der Waals surface area contributed by atoms with Gasteiger partial charge in [0, 0.05) is 23.4 Å². The first-order chi connectivity index (χ1) is 19.0. The number of rotatable bonds is 14. The standard InChI is InChI=1S/C27H36N4O9/c1-14(2)10-20(31-26(35)21-12-17-18(29-21)6-5-7-23(17)38-4)25(34)30-19(11-16-8-9-28-24(16)33)22(32)13-39-15(3)40-27(36)37/h5-7,12,14-16,19-20,29H,8-11,13H2,1-4H3,(H,28,33)(H,30,34)(H,31,35)(H,36,37)/t15?,16-,19?,20?/m0/s1. The number of methoxy groups -OCH3 is 1. The van der Waals surface area contributed by atoms with Crippen molar-refractivity contribution in [3.05, 3.63) is 30.0 Å². The molecule has 0 saturated carbocycles. The molecule has 3 rings (SSSR count). The van der Waals surface area contributed by atoms with Gasteiger partial charge in [0.05, 0.1) is 13.2 Å². The Morgan fingerprint density at radius 1 is 1.12 bits per heavy atom. The molecule has 1 aliphatic rings. The average Bonchev–Trinajstić information content (AvgIpc) is 3.51. The van der Waals surface area contributed by atoms with Crippen LogP contribution in [0.2, 0.25) is 0 Å². The SMILES string of the molecule is COc1cccc2[nH]c(C(=O)NC(CC(C)C)C(=O)NC(C[C@@H]3CCNC3=O)C(=O)COC(C)OC(=O)O)cc12. The smallest absolute Gasteiger partial charge is 0.496 e. The molecule has 0 spiro atoms. The van der Waals surface area contributed by atoms with Gasteiger partial charge in [0.15, 0.2) is 5.78 Å². The Morgan fingerprint density at radius 2 is 1.88 bits per heavy atom. The minimum absolute atomic E-state index is 0.0194. The first kappa shape index (κ1) is 30.4. The lowest BCUT2D eigenvalue weighted by molar-refractivity contribution is -0.143. The molecular formula is C27H36N4O9. The summed E-state index contributed by atoms with van der Waals surface area (Å²) in [7, 11) is 1.53. The molecule has 1 aliphatic heterocycles. The van der Waals surface area contributed by atoms with Crippen LogP contribution in [0.25, 0.3) is 10.9 Å². The van der Waals surface area contributed by atoms with Gasteiger partial charge in [-0.3, -0.25) is 19.2 Å². The molecule has 4 atom stereocenters. The van der Waals surface area contributed by atoms with E-state index in [9.17, 15) is 24.0 Å². The fraction of sp³-hybridized carbons (Fsp3) is 0.519. The van der Waals surface area contributed by atoms with Crippen LogP contribution in [0.1, 0.15) is 50.5 Å². The number of benzene rings is 1. The normalized spacial score (nSPS) is 17.1. The molecule has 5 N–H and O–H groups in total. The predicted octanol–water partition coefficient (Wildman–Crippen LogP) is 1.96. The van der Waals surface area contributed by atoms with Crippen molar-refractivity contribution < 1.29 is 43.3 Å². The van der Waals surface area contributed by atoms with E-state index < -0.39 is 54.7 Å². The van der Waals surface area contributed by atoms with Crippen molar-refractivity contribution in [2.24, 2.45) is 11.8 Å². The summed E-state index contributed by atoms with van der Waals surface area (Å²) >= 11 is 0. The second-order valence-corrected chi connectivity index (χ2v) is 10.1. The van der Waals surface area contributed by atoms with Crippen LogP contribution in [0.4, 0.5) is 4.79 Å². The topological polar surface area (TPSA) is 185 Å². The first-order valence-corrected chi connectivity index (χ1v) is 13.1. The fourth-order valence-corrected chi connectivity index (χ4v) is 4.54. The van der Waals surface area contributed by atoms with Crippen molar-refractivity contribution in [1.82, 2.24) is 20.9 Å². The summed E-state index contributed by atoms with van der Waals surface area (Å²) < 4.78 is 15.0. The number of aromatic nitrogens is 1. The highest BCUT2D eigenvalue weighted by Gasteiger charge is 2.33. The Balaban J connectivity index is 1.75. The maximum Gasteiger partial charge on any atom is 0.508 e. The number of H-pyrrole nitrogens is 1. The van der Waals surface area contributed by atoms with Crippen LogP contribution in [0, 0.1) is 11.8 Å². The van der Waals surface area contributed by atoms with Gasteiger partial charge in [0.1, 0.15) is 24.1 Å². The molecular weight excluding hydrogens is 524 g/mol. The van der Waals surface area contributed by atoms with E-state index in [1.54, 1.807) is 24.3 Å². The molecule has 13 nitrogen and oxygen atoms in total. The van der Waals surface area contributed by atoms with E-state index in [-0.39, 0.29) is 30.4 Å². The molecule has 1 saturated heterocycles. The number of amides is 3. The minimum atomic E-state index is -1.56. The zero-order chi connectivity index (χ0) is 29.4. The average molecular weight is 561 g/mol. The Labute approximate surface area is 231 Å². The summed E-state index contributed by atoms with van der Waals surface area (Å²) in [4.78, 5) is 65.5. The van der Waals surface area contributed by atoms with Crippen LogP contribution < -0.4 is 20.7 Å². The summed E-state index contributed by atoms with van der Waals surface area (Å²) in [6, 6.07) is 4.90. The number of nitrogens with one attached hydrogen (secondary N) is 4. The highest BCUT2D eigenvalue weighted by molar-refractivity contribution is 6.02. The Hall–Kier alpha value is -4.13. The number of hydrogen-bond acceptors (Lipinski definition) is 8. The van der Waals surface area contributed by atoms with Gasteiger partial charge in [-0.25, -0.2) is 4.79 Å². The third kappa shape index (κ3) is 8.18. The molecule has 0 radical (unpaired) electrons. The van der Waals surface area contributed by atoms with Crippen molar-refractivity contribution in [3.63, 3.8) is 0 Å². The van der Waals surface area contributed by atoms with Gasteiger partial charge in [-0.1, -0.05) is 19.9 Å². The van der Waals surface area contributed by atoms with Gasteiger partial charge in [-0.15, -0.1) is 0 Å². The molecule has 2 heterocycles. The quantitative estimate of drug-likeness (QED) is 0.170. The molecule has 218 valence electrons. The molecule has 3 unspecified atom stereocenters. The van der Waals surface area contributed by atoms with E-state index in [1.165, 1.54) is 14.0 Å². The van der Waals surface area contributed by atoms with Gasteiger partial charge in [-0.05, 0) is 50.3 Å². The third-order valence-electron chi connectivity index (χ3n) is 6.53. The molecule has 3 amide bonds. The summed E-state index contributed by atoms with van der Waals surface area (Å²) in [6.45, 7) is 5.01. The number of aromatic amines is 1. The van der Waals surface area contributed by atoms with Gasteiger partial charge in [0.25, 0.3) is 5.91 Å². The highest BCUT2D eigenvalue weighted by atomic mass is 16.8. The van der Waals surface area contributed by atoms with Crippen molar-refractivity contribution in [2.45, 2.75) is 58.4 Å². The maximum atomic E-state index is 13.4. The third-order valence-corrected chi connectivity index (χ3v) is 6.53. The largest absolute Gasteiger partial charge is 0.508 e. The van der Waals surface area contributed by atoms with Crippen LogP contribution in [-0.2, 0) is 23.9 Å². The molecule has 0 aliphatic carbocycles. The van der Waals surface area contributed by atoms with Crippen molar-refractivity contribution >= 4 is 40.6 Å². The summed E-state index contributed by atoms with van der Waals surface area (Å²) in [5.74, 6) is -1.79. The number of carbonyl (C=O) groups is 5. The first-order valence-electron chi connectivity index (χ1n) is 13.1. The molecule has 1 aromatic heterocycles. The minimum Gasteiger partial charge on any atom is -0.496 e. The monoisotopic (exact) mass is 560 g/mol. The van der Waals surface area contributed by atoms with Crippen LogP contribution in [0.15, 0.2) is 24.3 Å². The molecule has 13 heteroatoms. The maximum absolute atomic E-state index is 13.4. The van der Waals surface area contributed by atoms with Crippen LogP contribution in [0.5, 0.6) is 5.75 Å². The van der Waals surface area contributed by atoms with Gasteiger partial charge in [0.2, 0.25) is 18.1 Å². The lowest BCUT2D eigenvalue weighted by Gasteiger charge is -2.25. The number of carboxylic acid groups (broad SMARTS) is 1. The lowest BCUT2D eigenvalue weighted by atomic mass is 9.95. The number of ketones is 1. The van der Waals surface area contributed by atoms with Gasteiger partial charge >= 0.3 is 6.16 Å². The number of fused-ring (bicyclic) bond motifs is 1. The molecule has 40 heavy (non-hydrogen) atoms. The summed E-state index contributed by atoms with van der Waals surface area (Å²) in [5.41, 5.74) is 0.924. The van der Waals surface area contributed by atoms with Crippen molar-refractivity contribution in [1.29, 1.82) is 0 Å². The summed E-state index contributed by atoms with van der Waals surface area (Å²) in [5, 5.41) is 17.6. The Morgan fingerprint density at radius 3 is 2.50 bits per heavy atom. The zero-order valence-electron chi connectivity index (χ0n) is 22.9. The fourth-order valence-electron chi connectivity index (χ4n) is 4.54. The molecule has 0 bridgehead atoms. The molecule has 1 fully saturated rings. The number of hydrogen-bond donors (Lipinski definition) is 5. The van der Waals surface area contributed by atoms with E-state index in [0.717, 1.165) is 0 Å². The van der Waals surface area contributed by atoms with Crippen LogP contribution in [0.3, 0.4) is 0 Å².